The molecule has 1 N–H and O–H groups in total. The van der Waals surface area contributed by atoms with E-state index >= 15 is 0 Å². The number of hydrogen-bond acceptors (Lipinski definition) is 2. The smallest absolute Gasteiger partial charge is 0.223 e. The summed E-state index contributed by atoms with van der Waals surface area (Å²) in [4.78, 5) is 12.0. The first-order chi connectivity index (χ1) is 8.25. The van der Waals surface area contributed by atoms with Gasteiger partial charge < -0.3 is 5.32 Å². The van der Waals surface area contributed by atoms with Crippen LogP contribution >= 0.6 is 22.9 Å². The Kier molecular flexibility index (Phi) is 5.28. The molecule has 0 atom stereocenters. The second-order valence-corrected chi connectivity index (χ2v) is 6.37. The molecule has 1 heterocycles. The molecular weight excluding hydrogens is 327 g/mol. The van der Waals surface area contributed by atoms with Crippen molar-refractivity contribution < 1.29 is 4.79 Å². The number of hydrogen-bond donors (Lipinski definition) is 1. The average Bonchev–Trinajstić information content (AvgIpc) is 2.38. The van der Waals surface area contributed by atoms with Crippen molar-refractivity contribution in [3.05, 3.63) is 11.6 Å². The van der Waals surface area contributed by atoms with Crippen LogP contribution in [0.5, 0.6) is 0 Å². The molecule has 17 heavy (non-hydrogen) atoms. The topological polar surface area (TPSA) is 32.3 Å². The first-order valence-corrected chi connectivity index (χ1v) is 7.58. The number of amides is 1. The van der Waals surface area contributed by atoms with Gasteiger partial charge in [0.25, 0.3) is 0 Å². The van der Waals surface area contributed by atoms with E-state index in [9.17, 15) is 4.79 Å². The minimum absolute atomic E-state index is 0.241. The van der Waals surface area contributed by atoms with Gasteiger partial charge in [-0.3, -0.25) is 4.79 Å². The molecular formula is C13H21IN2O. The summed E-state index contributed by atoms with van der Waals surface area (Å²) in [6.07, 6.45) is 9.28. The zero-order valence-electron chi connectivity index (χ0n) is 10.3. The number of allylic oxidation sites excluding steroid dienone is 1. The standard InChI is InChI=1S/C13H21IN2O/c14-16-8-6-12(7-9-16)13(17)15-10-11-4-2-1-3-5-11/h4,12H,1-3,5-10H2,(H,15,17). The van der Waals surface area contributed by atoms with E-state index in [4.69, 9.17) is 0 Å². The summed E-state index contributed by atoms with van der Waals surface area (Å²) >= 11 is 2.34. The van der Waals surface area contributed by atoms with E-state index in [-0.39, 0.29) is 11.8 Å². The molecule has 0 unspecified atom stereocenters. The summed E-state index contributed by atoms with van der Waals surface area (Å²) in [5.41, 5.74) is 1.43. The molecule has 2 aliphatic rings. The van der Waals surface area contributed by atoms with Gasteiger partial charge in [-0.05, 0) is 38.5 Å². The highest BCUT2D eigenvalue weighted by Crippen LogP contribution is 2.20. The normalized spacial score (nSPS) is 23.2. The molecule has 0 saturated carbocycles. The Labute approximate surface area is 118 Å². The molecule has 4 heteroatoms. The zero-order chi connectivity index (χ0) is 12.1. The first kappa shape index (κ1) is 13.3. The molecule has 96 valence electrons. The van der Waals surface area contributed by atoms with Crippen molar-refractivity contribution in [3.63, 3.8) is 0 Å². The SMILES string of the molecule is O=C(NCC1=CCCCC1)C1CCN(I)CC1. The predicted molar refractivity (Wildman–Crippen MR) is 77.9 cm³/mol. The molecule has 0 spiro atoms. The van der Waals surface area contributed by atoms with Crippen molar-refractivity contribution >= 4 is 28.8 Å². The van der Waals surface area contributed by atoms with Crippen LogP contribution in [0.15, 0.2) is 11.6 Å². The predicted octanol–water partition coefficient (Wildman–Crippen LogP) is 2.67. The number of halogens is 1. The van der Waals surface area contributed by atoms with Crippen LogP contribution in [0.25, 0.3) is 0 Å². The lowest BCUT2D eigenvalue weighted by molar-refractivity contribution is -0.125. The Morgan fingerprint density at radius 2 is 2.18 bits per heavy atom. The Bertz CT molecular complexity index is 296. The summed E-state index contributed by atoms with van der Waals surface area (Å²) in [5, 5.41) is 3.11. The van der Waals surface area contributed by atoms with Crippen LogP contribution in [0.1, 0.15) is 38.5 Å². The summed E-state index contributed by atoms with van der Waals surface area (Å²) in [5.74, 6) is 0.506. The second kappa shape index (κ2) is 6.73. The Morgan fingerprint density at radius 3 is 2.82 bits per heavy atom. The number of carbonyl (C=O) groups is 1. The van der Waals surface area contributed by atoms with Gasteiger partial charge in [0.2, 0.25) is 5.91 Å². The lowest BCUT2D eigenvalue weighted by atomic mass is 9.96. The van der Waals surface area contributed by atoms with Crippen molar-refractivity contribution in [2.45, 2.75) is 38.5 Å². The number of piperidine rings is 1. The molecule has 1 aliphatic carbocycles. The molecule has 0 aromatic heterocycles. The van der Waals surface area contributed by atoms with Gasteiger partial charge in [0.1, 0.15) is 0 Å². The lowest BCUT2D eigenvalue weighted by Crippen LogP contribution is -2.38. The molecule has 0 bridgehead atoms. The molecule has 0 aromatic rings. The third-order valence-electron chi connectivity index (χ3n) is 3.69. The fourth-order valence-corrected chi connectivity index (χ4v) is 3.08. The summed E-state index contributed by atoms with van der Waals surface area (Å²) in [6, 6.07) is 0. The summed E-state index contributed by atoms with van der Waals surface area (Å²) in [7, 11) is 0. The van der Waals surface area contributed by atoms with E-state index in [0.717, 1.165) is 32.5 Å². The third-order valence-corrected chi connectivity index (χ3v) is 4.65. The minimum Gasteiger partial charge on any atom is -0.352 e. The number of rotatable bonds is 3. The van der Waals surface area contributed by atoms with Crippen molar-refractivity contribution in [2.24, 2.45) is 5.92 Å². The van der Waals surface area contributed by atoms with Crippen molar-refractivity contribution in [2.75, 3.05) is 19.6 Å². The lowest BCUT2D eigenvalue weighted by Gasteiger charge is -2.26. The van der Waals surface area contributed by atoms with Crippen LogP contribution in [-0.4, -0.2) is 28.7 Å². The molecule has 2 rings (SSSR count). The van der Waals surface area contributed by atoms with Gasteiger partial charge in [0.15, 0.2) is 0 Å². The first-order valence-electron chi connectivity index (χ1n) is 6.62. The second-order valence-electron chi connectivity index (χ2n) is 5.01. The van der Waals surface area contributed by atoms with Crippen molar-refractivity contribution in [1.82, 2.24) is 8.43 Å². The summed E-state index contributed by atoms with van der Waals surface area (Å²) in [6.45, 7) is 2.87. The molecule has 3 nitrogen and oxygen atoms in total. The van der Waals surface area contributed by atoms with E-state index in [1.165, 1.54) is 31.3 Å². The van der Waals surface area contributed by atoms with Crippen LogP contribution in [-0.2, 0) is 4.79 Å². The van der Waals surface area contributed by atoms with Crippen molar-refractivity contribution in [1.29, 1.82) is 0 Å². The van der Waals surface area contributed by atoms with Crippen LogP contribution in [0.3, 0.4) is 0 Å². The highest BCUT2D eigenvalue weighted by molar-refractivity contribution is 14.1. The van der Waals surface area contributed by atoms with Crippen LogP contribution in [0, 0.1) is 5.92 Å². The quantitative estimate of drug-likeness (QED) is 0.483. The number of nitrogens with zero attached hydrogens (tertiary/aromatic N) is 1. The fraction of sp³-hybridized carbons (Fsp3) is 0.769. The molecule has 1 fully saturated rings. The van der Waals surface area contributed by atoms with Gasteiger partial charge in [0, 0.05) is 48.4 Å². The largest absolute Gasteiger partial charge is 0.352 e. The maximum Gasteiger partial charge on any atom is 0.223 e. The van der Waals surface area contributed by atoms with E-state index in [0.29, 0.717) is 0 Å². The van der Waals surface area contributed by atoms with Crippen LogP contribution in [0.4, 0.5) is 0 Å². The summed E-state index contributed by atoms with van der Waals surface area (Å²) < 4.78 is 2.27. The van der Waals surface area contributed by atoms with Gasteiger partial charge in [-0.15, -0.1) is 0 Å². The van der Waals surface area contributed by atoms with Gasteiger partial charge in [0.05, 0.1) is 0 Å². The van der Waals surface area contributed by atoms with Crippen molar-refractivity contribution in [3.8, 4) is 0 Å². The fourth-order valence-electron chi connectivity index (χ4n) is 2.52. The van der Waals surface area contributed by atoms with Gasteiger partial charge in [-0.1, -0.05) is 11.6 Å². The number of nitrogens with one attached hydrogen (secondary N) is 1. The third kappa shape index (κ3) is 4.25. The van der Waals surface area contributed by atoms with Gasteiger partial charge >= 0.3 is 0 Å². The monoisotopic (exact) mass is 348 g/mol. The van der Waals surface area contributed by atoms with Gasteiger partial charge in [-0.25, -0.2) is 3.11 Å². The maximum absolute atomic E-state index is 12.0. The number of carbonyl (C=O) groups excluding carboxylic acids is 1. The Hall–Kier alpha value is -0.100. The maximum atomic E-state index is 12.0. The zero-order valence-corrected chi connectivity index (χ0v) is 12.4. The molecule has 0 radical (unpaired) electrons. The molecule has 0 aromatic carbocycles. The molecule has 1 saturated heterocycles. The van der Waals surface area contributed by atoms with E-state index < -0.39 is 0 Å². The van der Waals surface area contributed by atoms with Crippen LogP contribution < -0.4 is 5.32 Å². The van der Waals surface area contributed by atoms with E-state index in [2.05, 4.69) is 37.4 Å². The Balaban J connectivity index is 1.71. The Morgan fingerprint density at radius 1 is 1.41 bits per heavy atom. The highest BCUT2D eigenvalue weighted by Gasteiger charge is 2.23. The van der Waals surface area contributed by atoms with Gasteiger partial charge in [-0.2, -0.15) is 0 Å². The molecule has 1 amide bonds. The van der Waals surface area contributed by atoms with Crippen LogP contribution in [0.2, 0.25) is 0 Å². The van der Waals surface area contributed by atoms with E-state index in [1.54, 1.807) is 0 Å². The molecule has 1 aliphatic heterocycles. The minimum atomic E-state index is 0.241. The average molecular weight is 348 g/mol. The van der Waals surface area contributed by atoms with E-state index in [1.807, 2.05) is 0 Å². The highest BCUT2D eigenvalue weighted by atomic mass is 127.